The van der Waals surface area contributed by atoms with E-state index in [1.807, 2.05) is 0 Å². The van der Waals surface area contributed by atoms with Crippen molar-refractivity contribution in [3.05, 3.63) is 27.9 Å². The Labute approximate surface area is 106 Å². The zero-order valence-corrected chi connectivity index (χ0v) is 10.5. The summed E-state index contributed by atoms with van der Waals surface area (Å²) in [6.45, 7) is 5.53. The lowest BCUT2D eigenvalue weighted by molar-refractivity contribution is -0.386. The van der Waals surface area contributed by atoms with Crippen LogP contribution in [0.4, 0.5) is 5.69 Å². The van der Waals surface area contributed by atoms with Crippen LogP contribution in [0.15, 0.2) is 12.3 Å². The lowest BCUT2D eigenvalue weighted by Gasteiger charge is -2.29. The van der Waals surface area contributed by atoms with Crippen LogP contribution in [0.1, 0.15) is 18.9 Å². The molecule has 6 nitrogen and oxygen atoms in total. The third-order valence-electron chi connectivity index (χ3n) is 3.19. The average molecular weight is 251 g/mol. The van der Waals surface area contributed by atoms with Crippen molar-refractivity contribution in [1.29, 1.82) is 0 Å². The van der Waals surface area contributed by atoms with Crippen molar-refractivity contribution in [2.45, 2.75) is 26.4 Å². The van der Waals surface area contributed by atoms with E-state index in [1.165, 1.54) is 6.07 Å². The Balaban J connectivity index is 2.20. The molecule has 1 fully saturated rings. The molecule has 2 atom stereocenters. The highest BCUT2D eigenvalue weighted by Gasteiger charge is 2.26. The first-order chi connectivity index (χ1) is 8.58. The maximum absolute atomic E-state index is 11.0. The van der Waals surface area contributed by atoms with Crippen molar-refractivity contribution >= 4 is 5.69 Å². The highest BCUT2D eigenvalue weighted by molar-refractivity contribution is 5.42. The first-order valence-electron chi connectivity index (χ1n) is 6.06. The molecule has 98 valence electrons. The molecule has 1 aromatic heterocycles. The quantitative estimate of drug-likeness (QED) is 0.653. The molecule has 2 unspecified atom stereocenters. The van der Waals surface area contributed by atoms with Crippen LogP contribution in [0.2, 0.25) is 0 Å². The van der Waals surface area contributed by atoms with Gasteiger partial charge in [0.2, 0.25) is 0 Å². The minimum atomic E-state index is -0.448. The summed E-state index contributed by atoms with van der Waals surface area (Å²) in [7, 11) is 0. The van der Waals surface area contributed by atoms with Gasteiger partial charge in [0.15, 0.2) is 0 Å². The van der Waals surface area contributed by atoms with E-state index in [1.54, 1.807) is 13.1 Å². The van der Waals surface area contributed by atoms with Gasteiger partial charge >= 0.3 is 5.69 Å². The number of nitrogens with zero attached hydrogens (tertiary/aromatic N) is 2. The molecular weight excluding hydrogens is 234 g/mol. The van der Waals surface area contributed by atoms with E-state index in [4.69, 9.17) is 4.74 Å². The summed E-state index contributed by atoms with van der Waals surface area (Å²) >= 11 is 0. The molecule has 0 aliphatic carbocycles. The van der Waals surface area contributed by atoms with E-state index in [9.17, 15) is 10.1 Å². The zero-order valence-electron chi connectivity index (χ0n) is 10.5. The van der Waals surface area contributed by atoms with E-state index in [2.05, 4.69) is 17.2 Å². The van der Waals surface area contributed by atoms with Gasteiger partial charge < -0.3 is 10.1 Å². The summed E-state index contributed by atoms with van der Waals surface area (Å²) in [4.78, 5) is 14.6. The first-order valence-corrected chi connectivity index (χ1v) is 6.06. The van der Waals surface area contributed by atoms with E-state index in [-0.39, 0.29) is 17.7 Å². The summed E-state index contributed by atoms with van der Waals surface area (Å²) in [5, 5.41) is 14.2. The molecule has 0 amide bonds. The fourth-order valence-electron chi connectivity index (χ4n) is 2.03. The molecule has 2 heterocycles. The van der Waals surface area contributed by atoms with Crippen LogP contribution in [0, 0.1) is 23.0 Å². The monoisotopic (exact) mass is 251 g/mol. The van der Waals surface area contributed by atoms with E-state index >= 15 is 0 Å². The second kappa shape index (κ2) is 5.30. The Kier molecular flexibility index (Phi) is 3.76. The fraction of sp³-hybridized carbons (Fsp3) is 0.583. The Morgan fingerprint density at radius 2 is 2.39 bits per heavy atom. The Morgan fingerprint density at radius 1 is 1.61 bits per heavy atom. The maximum atomic E-state index is 11.0. The highest BCUT2D eigenvalue weighted by Crippen LogP contribution is 2.27. The Bertz CT molecular complexity index is 450. The minimum Gasteiger partial charge on any atom is -0.468 e. The molecule has 0 radical (unpaired) electrons. The first kappa shape index (κ1) is 12.8. The molecule has 0 saturated carbocycles. The number of aryl methyl sites for hydroxylation is 1. The normalized spacial score (nSPS) is 23.7. The zero-order chi connectivity index (χ0) is 13.1. The van der Waals surface area contributed by atoms with Gasteiger partial charge in [-0.05, 0) is 31.4 Å². The minimum absolute atomic E-state index is 0.0622. The highest BCUT2D eigenvalue weighted by atomic mass is 16.6. The summed E-state index contributed by atoms with van der Waals surface area (Å²) < 4.78 is 5.70. The van der Waals surface area contributed by atoms with Crippen molar-refractivity contribution in [2.24, 2.45) is 5.92 Å². The van der Waals surface area contributed by atoms with Gasteiger partial charge in [-0.2, -0.15) is 0 Å². The number of hydrogen-bond acceptors (Lipinski definition) is 5. The number of pyridine rings is 1. The van der Waals surface area contributed by atoms with Gasteiger partial charge in [0.25, 0.3) is 5.88 Å². The second-order valence-electron chi connectivity index (χ2n) is 4.72. The van der Waals surface area contributed by atoms with Gasteiger partial charge in [-0.15, -0.1) is 0 Å². The smallest absolute Gasteiger partial charge is 0.331 e. The molecule has 2 rings (SSSR count). The number of piperidine rings is 1. The van der Waals surface area contributed by atoms with Crippen LogP contribution in [0.25, 0.3) is 0 Å². The molecular formula is C12H17N3O3. The van der Waals surface area contributed by atoms with Crippen LogP contribution in [-0.4, -0.2) is 29.1 Å². The summed E-state index contributed by atoms with van der Waals surface area (Å²) in [6.07, 6.45) is 2.53. The molecule has 6 heteroatoms. The largest absolute Gasteiger partial charge is 0.468 e. The summed E-state index contributed by atoms with van der Waals surface area (Å²) in [5.74, 6) is 0.486. The van der Waals surface area contributed by atoms with Crippen molar-refractivity contribution in [1.82, 2.24) is 10.3 Å². The fourth-order valence-corrected chi connectivity index (χ4v) is 2.03. The van der Waals surface area contributed by atoms with Crippen LogP contribution >= 0.6 is 0 Å². The molecule has 1 N–H and O–H groups in total. The number of aromatic nitrogens is 1. The molecule has 1 aliphatic heterocycles. The predicted octanol–water partition coefficient (Wildman–Crippen LogP) is 1.68. The Morgan fingerprint density at radius 3 is 3.06 bits per heavy atom. The van der Waals surface area contributed by atoms with Gasteiger partial charge in [0.1, 0.15) is 6.10 Å². The molecule has 0 aromatic carbocycles. The number of ether oxygens (including phenoxy) is 1. The lowest BCUT2D eigenvalue weighted by Crippen LogP contribution is -2.43. The van der Waals surface area contributed by atoms with Crippen LogP contribution in [-0.2, 0) is 0 Å². The SMILES string of the molecule is Cc1cnc(OC2CNCCC2C)c([N+](=O)[O-])c1. The topological polar surface area (TPSA) is 77.3 Å². The number of hydrogen-bond donors (Lipinski definition) is 1. The van der Waals surface area contributed by atoms with Crippen molar-refractivity contribution in [3.63, 3.8) is 0 Å². The predicted molar refractivity (Wildman–Crippen MR) is 66.7 cm³/mol. The van der Waals surface area contributed by atoms with Gasteiger partial charge in [-0.1, -0.05) is 6.92 Å². The van der Waals surface area contributed by atoms with Crippen LogP contribution < -0.4 is 10.1 Å². The van der Waals surface area contributed by atoms with Crippen LogP contribution in [0.5, 0.6) is 5.88 Å². The Hall–Kier alpha value is -1.69. The standard InChI is InChI=1S/C12H17N3O3/c1-8-5-10(15(16)17)12(14-6-8)18-11-7-13-4-3-9(11)2/h5-6,9,11,13H,3-4,7H2,1-2H3. The van der Waals surface area contributed by atoms with Gasteiger partial charge in [-0.25, -0.2) is 4.98 Å². The van der Waals surface area contributed by atoms with E-state index in [0.29, 0.717) is 12.5 Å². The number of nitro groups is 1. The summed E-state index contributed by atoms with van der Waals surface area (Å²) in [5.41, 5.74) is 0.691. The molecule has 18 heavy (non-hydrogen) atoms. The number of rotatable bonds is 3. The molecule has 1 aliphatic rings. The third kappa shape index (κ3) is 2.76. The molecule has 0 bridgehead atoms. The molecule has 1 saturated heterocycles. The van der Waals surface area contributed by atoms with Crippen molar-refractivity contribution in [2.75, 3.05) is 13.1 Å². The van der Waals surface area contributed by atoms with E-state index in [0.717, 1.165) is 18.5 Å². The maximum Gasteiger partial charge on any atom is 0.331 e. The van der Waals surface area contributed by atoms with Gasteiger partial charge in [-0.3, -0.25) is 10.1 Å². The third-order valence-corrected chi connectivity index (χ3v) is 3.19. The van der Waals surface area contributed by atoms with Crippen molar-refractivity contribution < 1.29 is 9.66 Å². The van der Waals surface area contributed by atoms with Crippen molar-refractivity contribution in [3.8, 4) is 5.88 Å². The van der Waals surface area contributed by atoms with Crippen LogP contribution in [0.3, 0.4) is 0 Å². The summed E-state index contributed by atoms with van der Waals surface area (Å²) in [6, 6.07) is 1.49. The average Bonchev–Trinajstić information content (AvgIpc) is 2.34. The second-order valence-corrected chi connectivity index (χ2v) is 4.72. The lowest BCUT2D eigenvalue weighted by atomic mass is 9.97. The van der Waals surface area contributed by atoms with E-state index < -0.39 is 4.92 Å². The molecule has 0 spiro atoms. The van der Waals surface area contributed by atoms with Gasteiger partial charge in [0.05, 0.1) is 4.92 Å². The van der Waals surface area contributed by atoms with Gasteiger partial charge in [0, 0.05) is 18.8 Å². The number of nitrogens with one attached hydrogen (secondary N) is 1. The molecule has 1 aromatic rings.